The number of carbonyl (C=O) groups excluding carboxylic acids is 2. The molecule has 2 aromatic rings. The monoisotopic (exact) mass is 386 g/mol. The lowest BCUT2D eigenvalue weighted by atomic mass is 9.96. The third kappa shape index (κ3) is 3.76. The summed E-state index contributed by atoms with van der Waals surface area (Å²) in [5.41, 5.74) is 1.72. The standard InChI is InChI=1S/C20H22N2O2S2/c1-20(2)19(24)21-16-6-4-5-7-17(16)22(20)18(23)13-26-12-14-8-10-15(25-3)11-9-14/h4-11H,12-13H2,1-3H3,(H,21,24). The Morgan fingerprint density at radius 1 is 1.12 bits per heavy atom. The second-order valence-electron chi connectivity index (χ2n) is 6.60. The smallest absolute Gasteiger partial charge is 0.250 e. The Labute approximate surface area is 162 Å². The van der Waals surface area contributed by atoms with Crippen LogP contribution in [0.15, 0.2) is 53.4 Å². The summed E-state index contributed by atoms with van der Waals surface area (Å²) >= 11 is 3.28. The molecule has 1 N–H and O–H groups in total. The van der Waals surface area contributed by atoms with Crippen molar-refractivity contribution in [1.82, 2.24) is 0 Å². The van der Waals surface area contributed by atoms with Crippen molar-refractivity contribution in [2.45, 2.75) is 30.0 Å². The summed E-state index contributed by atoms with van der Waals surface area (Å²) in [7, 11) is 0. The van der Waals surface area contributed by atoms with Crippen molar-refractivity contribution < 1.29 is 9.59 Å². The maximum atomic E-state index is 12.9. The van der Waals surface area contributed by atoms with Crippen molar-refractivity contribution in [3.63, 3.8) is 0 Å². The van der Waals surface area contributed by atoms with E-state index in [1.807, 2.05) is 24.3 Å². The molecule has 136 valence electrons. The van der Waals surface area contributed by atoms with Gasteiger partial charge in [0.25, 0.3) is 0 Å². The minimum absolute atomic E-state index is 0.0527. The number of hydrogen-bond acceptors (Lipinski definition) is 4. The summed E-state index contributed by atoms with van der Waals surface area (Å²) < 4.78 is 0. The first-order valence-electron chi connectivity index (χ1n) is 8.37. The number of thioether (sulfide) groups is 2. The maximum absolute atomic E-state index is 12.9. The summed E-state index contributed by atoms with van der Waals surface area (Å²) in [5.74, 6) is 0.878. The van der Waals surface area contributed by atoms with Crippen LogP contribution in [0, 0.1) is 0 Å². The highest BCUT2D eigenvalue weighted by atomic mass is 32.2. The van der Waals surface area contributed by atoms with Gasteiger partial charge in [0.05, 0.1) is 17.1 Å². The van der Waals surface area contributed by atoms with E-state index in [4.69, 9.17) is 0 Å². The zero-order chi connectivity index (χ0) is 18.7. The van der Waals surface area contributed by atoms with Gasteiger partial charge in [0.2, 0.25) is 11.8 Å². The number of amides is 2. The van der Waals surface area contributed by atoms with E-state index in [0.29, 0.717) is 11.4 Å². The molecule has 0 fully saturated rings. The molecule has 0 saturated carbocycles. The van der Waals surface area contributed by atoms with E-state index in [0.717, 1.165) is 11.4 Å². The van der Waals surface area contributed by atoms with Crippen molar-refractivity contribution in [2.24, 2.45) is 0 Å². The average molecular weight is 387 g/mol. The molecule has 0 aliphatic carbocycles. The minimum atomic E-state index is -0.911. The van der Waals surface area contributed by atoms with Crippen LogP contribution in [0.1, 0.15) is 19.4 Å². The lowest BCUT2D eigenvalue weighted by Crippen LogP contribution is -2.58. The van der Waals surface area contributed by atoms with Crippen LogP contribution in [0.25, 0.3) is 0 Å². The Bertz CT molecular complexity index is 819. The molecule has 26 heavy (non-hydrogen) atoms. The first-order valence-corrected chi connectivity index (χ1v) is 10.8. The summed E-state index contributed by atoms with van der Waals surface area (Å²) in [5, 5.41) is 2.89. The molecule has 0 aromatic heterocycles. The number of nitrogens with one attached hydrogen (secondary N) is 1. The van der Waals surface area contributed by atoms with Crippen LogP contribution in [-0.4, -0.2) is 29.4 Å². The molecular formula is C20H22N2O2S2. The van der Waals surface area contributed by atoms with E-state index in [-0.39, 0.29) is 11.8 Å². The van der Waals surface area contributed by atoms with E-state index in [2.05, 4.69) is 35.8 Å². The van der Waals surface area contributed by atoms with Crippen LogP contribution < -0.4 is 10.2 Å². The SMILES string of the molecule is CSc1ccc(CSCC(=O)N2c3ccccc3NC(=O)C2(C)C)cc1. The van der Waals surface area contributed by atoms with Gasteiger partial charge >= 0.3 is 0 Å². The first-order chi connectivity index (χ1) is 12.4. The lowest BCUT2D eigenvalue weighted by molar-refractivity contribution is -0.125. The highest BCUT2D eigenvalue weighted by molar-refractivity contribution is 7.99. The van der Waals surface area contributed by atoms with E-state index >= 15 is 0 Å². The molecule has 4 nitrogen and oxygen atoms in total. The molecule has 2 amide bonds. The highest BCUT2D eigenvalue weighted by Gasteiger charge is 2.43. The topological polar surface area (TPSA) is 49.4 Å². The zero-order valence-corrected chi connectivity index (χ0v) is 16.7. The van der Waals surface area contributed by atoms with Crippen LogP contribution in [0.4, 0.5) is 11.4 Å². The molecule has 3 rings (SSSR count). The molecule has 0 saturated heterocycles. The second-order valence-corrected chi connectivity index (χ2v) is 8.47. The lowest BCUT2D eigenvalue weighted by Gasteiger charge is -2.42. The van der Waals surface area contributed by atoms with Gasteiger partial charge in [-0.2, -0.15) is 0 Å². The van der Waals surface area contributed by atoms with Crippen molar-refractivity contribution in [3.8, 4) is 0 Å². The molecule has 0 unspecified atom stereocenters. The molecule has 1 heterocycles. The molecule has 1 aliphatic heterocycles. The van der Waals surface area contributed by atoms with Crippen LogP contribution >= 0.6 is 23.5 Å². The van der Waals surface area contributed by atoms with Gasteiger partial charge < -0.3 is 5.32 Å². The number of para-hydroxylation sites is 2. The van der Waals surface area contributed by atoms with Gasteiger partial charge in [-0.25, -0.2) is 0 Å². The van der Waals surface area contributed by atoms with Crippen molar-refractivity contribution >= 4 is 46.7 Å². The van der Waals surface area contributed by atoms with E-state index in [9.17, 15) is 9.59 Å². The van der Waals surface area contributed by atoms with E-state index in [1.165, 1.54) is 10.5 Å². The molecule has 0 bridgehead atoms. The van der Waals surface area contributed by atoms with Crippen LogP contribution in [0.3, 0.4) is 0 Å². The van der Waals surface area contributed by atoms with E-state index in [1.54, 1.807) is 42.3 Å². The molecule has 0 spiro atoms. The summed E-state index contributed by atoms with van der Waals surface area (Å²) in [6.07, 6.45) is 2.05. The zero-order valence-electron chi connectivity index (χ0n) is 15.1. The predicted molar refractivity (Wildman–Crippen MR) is 111 cm³/mol. The van der Waals surface area contributed by atoms with Gasteiger partial charge in [-0.3, -0.25) is 14.5 Å². The molecule has 2 aromatic carbocycles. The normalized spacial score (nSPS) is 15.3. The molecule has 6 heteroatoms. The van der Waals surface area contributed by atoms with Gasteiger partial charge in [0.15, 0.2) is 0 Å². The van der Waals surface area contributed by atoms with E-state index < -0.39 is 5.54 Å². The molecule has 0 radical (unpaired) electrons. The number of benzene rings is 2. The van der Waals surface area contributed by atoms with Gasteiger partial charge in [-0.15, -0.1) is 23.5 Å². The fourth-order valence-corrected chi connectivity index (χ4v) is 4.18. The number of nitrogens with zero attached hydrogens (tertiary/aromatic N) is 1. The van der Waals surface area contributed by atoms with Gasteiger partial charge in [0, 0.05) is 10.6 Å². The largest absolute Gasteiger partial charge is 0.322 e. The Hall–Kier alpha value is -1.92. The first kappa shape index (κ1) is 18.9. The number of carbonyl (C=O) groups is 2. The summed E-state index contributed by atoms with van der Waals surface area (Å²) in [4.78, 5) is 28.2. The fraction of sp³-hybridized carbons (Fsp3) is 0.300. The second kappa shape index (κ2) is 7.76. The number of anilines is 2. The highest BCUT2D eigenvalue weighted by Crippen LogP contribution is 2.37. The number of hydrogen-bond donors (Lipinski definition) is 1. The van der Waals surface area contributed by atoms with Crippen molar-refractivity contribution in [1.29, 1.82) is 0 Å². The van der Waals surface area contributed by atoms with Crippen LogP contribution in [0.2, 0.25) is 0 Å². The number of fused-ring (bicyclic) bond motifs is 1. The van der Waals surface area contributed by atoms with Gasteiger partial charge in [0.1, 0.15) is 5.54 Å². The Morgan fingerprint density at radius 2 is 1.81 bits per heavy atom. The molecule has 1 aliphatic rings. The number of rotatable bonds is 5. The van der Waals surface area contributed by atoms with Gasteiger partial charge in [-0.05, 0) is 49.9 Å². The third-order valence-corrected chi connectivity index (χ3v) is 6.14. The third-order valence-electron chi connectivity index (χ3n) is 4.41. The fourth-order valence-electron chi connectivity index (χ4n) is 2.94. The van der Waals surface area contributed by atoms with Crippen molar-refractivity contribution in [3.05, 3.63) is 54.1 Å². The predicted octanol–water partition coefficient (Wildman–Crippen LogP) is 4.41. The van der Waals surface area contributed by atoms with Crippen molar-refractivity contribution in [2.75, 3.05) is 22.2 Å². The maximum Gasteiger partial charge on any atom is 0.250 e. The molecule has 0 atom stereocenters. The summed E-state index contributed by atoms with van der Waals surface area (Å²) in [6, 6.07) is 15.8. The Morgan fingerprint density at radius 3 is 2.50 bits per heavy atom. The van der Waals surface area contributed by atoms with Gasteiger partial charge in [-0.1, -0.05) is 24.3 Å². The van der Waals surface area contributed by atoms with Crippen LogP contribution in [-0.2, 0) is 15.3 Å². The summed E-state index contributed by atoms with van der Waals surface area (Å²) in [6.45, 7) is 3.56. The minimum Gasteiger partial charge on any atom is -0.322 e. The van der Waals surface area contributed by atoms with Crippen LogP contribution in [0.5, 0.6) is 0 Å². The average Bonchev–Trinajstić information content (AvgIpc) is 2.63. The quantitative estimate of drug-likeness (QED) is 0.774. The molecular weight excluding hydrogens is 364 g/mol. The Kier molecular flexibility index (Phi) is 5.63. The Balaban J connectivity index is 1.70.